The van der Waals surface area contributed by atoms with E-state index in [0.717, 1.165) is 15.7 Å². The molecule has 3 nitrogen and oxygen atoms in total. The van der Waals surface area contributed by atoms with Crippen molar-refractivity contribution in [1.82, 2.24) is 0 Å². The van der Waals surface area contributed by atoms with Crippen molar-refractivity contribution in [3.05, 3.63) is 52.3 Å². The quantitative estimate of drug-likeness (QED) is 0.822. The first-order valence-electron chi connectivity index (χ1n) is 6.62. The second-order valence-electron chi connectivity index (χ2n) is 4.39. The minimum atomic E-state index is -0.250. The van der Waals surface area contributed by atoms with Crippen LogP contribution < -0.4 is 14.8 Å². The molecule has 21 heavy (non-hydrogen) atoms. The third-order valence-electron chi connectivity index (χ3n) is 2.95. The molecule has 0 bridgehead atoms. The van der Waals surface area contributed by atoms with E-state index in [0.29, 0.717) is 24.7 Å². The van der Waals surface area contributed by atoms with Crippen molar-refractivity contribution in [2.75, 3.05) is 19.0 Å². The van der Waals surface area contributed by atoms with Crippen molar-refractivity contribution in [3.63, 3.8) is 0 Å². The van der Waals surface area contributed by atoms with Crippen LogP contribution in [-0.2, 0) is 6.54 Å². The molecular formula is C16H17BrFNO2. The number of rotatable bonds is 6. The molecule has 2 rings (SSSR count). The molecule has 0 aliphatic carbocycles. The summed E-state index contributed by atoms with van der Waals surface area (Å²) in [5, 5.41) is 3.25. The Morgan fingerprint density at radius 3 is 2.67 bits per heavy atom. The van der Waals surface area contributed by atoms with Gasteiger partial charge in [0.2, 0.25) is 0 Å². The van der Waals surface area contributed by atoms with Crippen LogP contribution in [-0.4, -0.2) is 13.7 Å². The summed E-state index contributed by atoms with van der Waals surface area (Å²) in [6, 6.07) is 10.2. The van der Waals surface area contributed by atoms with Crippen molar-refractivity contribution < 1.29 is 13.9 Å². The smallest absolute Gasteiger partial charge is 0.163 e. The Morgan fingerprint density at radius 2 is 1.95 bits per heavy atom. The highest BCUT2D eigenvalue weighted by Crippen LogP contribution is 2.30. The molecule has 5 heteroatoms. The fraction of sp³-hybridized carbons (Fsp3) is 0.250. The second kappa shape index (κ2) is 7.31. The topological polar surface area (TPSA) is 30.5 Å². The Labute approximate surface area is 132 Å². The van der Waals surface area contributed by atoms with Gasteiger partial charge in [0.25, 0.3) is 0 Å². The van der Waals surface area contributed by atoms with E-state index in [1.807, 2.05) is 25.1 Å². The van der Waals surface area contributed by atoms with Crippen LogP contribution in [0.5, 0.6) is 11.5 Å². The van der Waals surface area contributed by atoms with Gasteiger partial charge >= 0.3 is 0 Å². The van der Waals surface area contributed by atoms with Crippen LogP contribution in [0.15, 0.2) is 40.9 Å². The van der Waals surface area contributed by atoms with Crippen LogP contribution in [0.2, 0.25) is 0 Å². The van der Waals surface area contributed by atoms with Crippen molar-refractivity contribution in [2.24, 2.45) is 0 Å². The molecule has 0 heterocycles. The average Bonchev–Trinajstić information content (AvgIpc) is 2.49. The molecule has 0 fully saturated rings. The number of hydrogen-bond acceptors (Lipinski definition) is 3. The minimum absolute atomic E-state index is 0.250. The highest BCUT2D eigenvalue weighted by atomic mass is 79.9. The van der Waals surface area contributed by atoms with Crippen LogP contribution in [0.1, 0.15) is 12.5 Å². The Balaban J connectivity index is 2.12. The molecule has 0 aliphatic heterocycles. The number of benzene rings is 2. The molecule has 1 N–H and O–H groups in total. The van der Waals surface area contributed by atoms with Crippen LogP contribution in [0.25, 0.3) is 0 Å². The zero-order valence-electron chi connectivity index (χ0n) is 12.0. The molecular weight excluding hydrogens is 337 g/mol. The summed E-state index contributed by atoms with van der Waals surface area (Å²) < 4.78 is 24.9. The third-order valence-corrected chi connectivity index (χ3v) is 3.73. The zero-order chi connectivity index (χ0) is 15.2. The number of nitrogens with one attached hydrogen (secondary N) is 1. The highest BCUT2D eigenvalue weighted by molar-refractivity contribution is 9.10. The lowest BCUT2D eigenvalue weighted by molar-refractivity contribution is 0.311. The largest absolute Gasteiger partial charge is 0.493 e. The lowest BCUT2D eigenvalue weighted by atomic mass is 10.2. The lowest BCUT2D eigenvalue weighted by Crippen LogP contribution is -2.02. The summed E-state index contributed by atoms with van der Waals surface area (Å²) in [5.74, 6) is 1.12. The SMILES string of the molecule is CCOc1cc(NCc2cc(F)ccc2Br)ccc1OC. The maximum absolute atomic E-state index is 13.3. The summed E-state index contributed by atoms with van der Waals surface area (Å²) in [5.41, 5.74) is 1.74. The van der Waals surface area contributed by atoms with Crippen LogP contribution in [0.3, 0.4) is 0 Å². The molecule has 0 unspecified atom stereocenters. The van der Waals surface area contributed by atoms with Gasteiger partial charge in [-0.2, -0.15) is 0 Å². The molecule has 0 saturated heterocycles. The Morgan fingerprint density at radius 1 is 1.14 bits per heavy atom. The van der Waals surface area contributed by atoms with E-state index in [2.05, 4.69) is 21.2 Å². The fourth-order valence-corrected chi connectivity index (χ4v) is 2.32. The van der Waals surface area contributed by atoms with Gasteiger partial charge in [-0.05, 0) is 42.8 Å². The highest BCUT2D eigenvalue weighted by Gasteiger charge is 2.06. The number of ether oxygens (including phenoxy) is 2. The van der Waals surface area contributed by atoms with Gasteiger partial charge in [0.1, 0.15) is 5.82 Å². The van der Waals surface area contributed by atoms with Gasteiger partial charge in [0, 0.05) is 22.8 Å². The van der Waals surface area contributed by atoms with Crippen molar-refractivity contribution in [1.29, 1.82) is 0 Å². The normalized spacial score (nSPS) is 10.3. The maximum Gasteiger partial charge on any atom is 0.163 e. The monoisotopic (exact) mass is 353 g/mol. The summed E-state index contributed by atoms with van der Waals surface area (Å²) in [7, 11) is 1.61. The van der Waals surface area contributed by atoms with Gasteiger partial charge < -0.3 is 14.8 Å². The number of hydrogen-bond donors (Lipinski definition) is 1. The molecule has 0 aromatic heterocycles. The van der Waals surface area contributed by atoms with Gasteiger partial charge in [-0.1, -0.05) is 15.9 Å². The molecule has 0 atom stereocenters. The number of halogens is 2. The summed E-state index contributed by atoms with van der Waals surface area (Å²) in [6.45, 7) is 2.99. The first-order valence-corrected chi connectivity index (χ1v) is 7.42. The van der Waals surface area contributed by atoms with Gasteiger partial charge in [0.15, 0.2) is 11.5 Å². The standard InChI is InChI=1S/C16H17BrFNO2/c1-3-21-16-9-13(5-7-15(16)20-2)19-10-11-8-12(18)4-6-14(11)17/h4-9,19H,3,10H2,1-2H3. The molecule has 0 aliphatic rings. The van der Waals surface area contributed by atoms with Crippen LogP contribution in [0, 0.1) is 5.82 Å². The van der Waals surface area contributed by atoms with Crippen molar-refractivity contribution >= 4 is 21.6 Å². The summed E-state index contributed by atoms with van der Waals surface area (Å²) in [4.78, 5) is 0. The van der Waals surface area contributed by atoms with E-state index in [4.69, 9.17) is 9.47 Å². The predicted octanol–water partition coefficient (Wildman–Crippen LogP) is 4.61. The fourth-order valence-electron chi connectivity index (χ4n) is 1.93. The third kappa shape index (κ3) is 4.11. The molecule has 0 amide bonds. The van der Waals surface area contributed by atoms with Crippen LogP contribution in [0.4, 0.5) is 10.1 Å². The molecule has 0 radical (unpaired) electrons. The Hall–Kier alpha value is -1.75. The van der Waals surface area contributed by atoms with Crippen molar-refractivity contribution in [2.45, 2.75) is 13.5 Å². The van der Waals surface area contributed by atoms with E-state index in [1.165, 1.54) is 12.1 Å². The second-order valence-corrected chi connectivity index (χ2v) is 5.24. The zero-order valence-corrected chi connectivity index (χ0v) is 13.5. The predicted molar refractivity (Wildman–Crippen MR) is 85.6 cm³/mol. The molecule has 2 aromatic carbocycles. The van der Waals surface area contributed by atoms with Crippen LogP contribution >= 0.6 is 15.9 Å². The van der Waals surface area contributed by atoms with Gasteiger partial charge in [-0.3, -0.25) is 0 Å². The van der Waals surface area contributed by atoms with E-state index < -0.39 is 0 Å². The lowest BCUT2D eigenvalue weighted by Gasteiger charge is -2.13. The number of anilines is 1. The van der Waals surface area contributed by atoms with E-state index in [1.54, 1.807) is 13.2 Å². The van der Waals surface area contributed by atoms with Gasteiger partial charge in [0.05, 0.1) is 13.7 Å². The van der Waals surface area contributed by atoms with E-state index >= 15 is 0 Å². The summed E-state index contributed by atoms with van der Waals surface area (Å²) in [6.07, 6.45) is 0. The number of methoxy groups -OCH3 is 1. The van der Waals surface area contributed by atoms with Gasteiger partial charge in [-0.15, -0.1) is 0 Å². The minimum Gasteiger partial charge on any atom is -0.493 e. The molecule has 112 valence electrons. The van der Waals surface area contributed by atoms with E-state index in [-0.39, 0.29) is 5.82 Å². The Kier molecular flexibility index (Phi) is 5.44. The average molecular weight is 354 g/mol. The van der Waals surface area contributed by atoms with E-state index in [9.17, 15) is 4.39 Å². The Bertz CT molecular complexity index is 619. The molecule has 0 saturated carbocycles. The maximum atomic E-state index is 13.3. The first-order chi connectivity index (χ1) is 10.1. The van der Waals surface area contributed by atoms with Gasteiger partial charge in [-0.25, -0.2) is 4.39 Å². The first kappa shape index (κ1) is 15.6. The summed E-state index contributed by atoms with van der Waals surface area (Å²) >= 11 is 3.41. The van der Waals surface area contributed by atoms with Crippen molar-refractivity contribution in [3.8, 4) is 11.5 Å². The molecule has 0 spiro atoms. The molecule has 2 aromatic rings.